The van der Waals surface area contributed by atoms with Crippen molar-refractivity contribution in [3.05, 3.63) is 30.1 Å². The summed E-state index contributed by atoms with van der Waals surface area (Å²) in [4.78, 5) is 18.5. The van der Waals surface area contributed by atoms with Crippen LogP contribution in [0.2, 0.25) is 0 Å². The van der Waals surface area contributed by atoms with Crippen LogP contribution in [0.25, 0.3) is 0 Å². The predicted molar refractivity (Wildman–Crippen MR) is 79.9 cm³/mol. The molecule has 1 aliphatic rings. The molecule has 1 saturated carbocycles. The van der Waals surface area contributed by atoms with Gasteiger partial charge >= 0.3 is 0 Å². The van der Waals surface area contributed by atoms with Crippen LogP contribution in [0.4, 0.5) is 0 Å². The highest BCUT2D eigenvalue weighted by atomic mass is 16.2. The molecule has 0 aromatic carbocycles. The Morgan fingerprint density at radius 1 is 1.40 bits per heavy atom. The average molecular weight is 275 g/mol. The fraction of sp³-hybridized carbons (Fsp3) is 0.625. The summed E-state index contributed by atoms with van der Waals surface area (Å²) in [6, 6.07) is 4.43. The van der Waals surface area contributed by atoms with Crippen molar-refractivity contribution in [1.29, 1.82) is 0 Å². The number of hydrogen-bond donors (Lipinski definition) is 1. The van der Waals surface area contributed by atoms with Gasteiger partial charge in [0.1, 0.15) is 0 Å². The molecule has 1 fully saturated rings. The molecule has 1 aliphatic carbocycles. The average Bonchev–Trinajstić information content (AvgIpc) is 3.28. The van der Waals surface area contributed by atoms with E-state index >= 15 is 0 Å². The number of carbonyl (C=O) groups is 1. The minimum atomic E-state index is 0.285. The van der Waals surface area contributed by atoms with Gasteiger partial charge in [0.25, 0.3) is 0 Å². The van der Waals surface area contributed by atoms with E-state index in [1.54, 1.807) is 12.4 Å². The Morgan fingerprint density at radius 3 is 2.70 bits per heavy atom. The number of amides is 1. The summed E-state index contributed by atoms with van der Waals surface area (Å²) in [5.41, 5.74) is 6.72. The Bertz CT molecular complexity index is 417. The molecule has 0 saturated heterocycles. The van der Waals surface area contributed by atoms with E-state index in [9.17, 15) is 4.79 Å². The van der Waals surface area contributed by atoms with Crippen LogP contribution in [0.1, 0.15) is 44.6 Å². The molecule has 0 aliphatic heterocycles. The summed E-state index contributed by atoms with van der Waals surface area (Å²) in [7, 11) is 0. The van der Waals surface area contributed by atoms with Crippen LogP contribution in [0.3, 0.4) is 0 Å². The van der Waals surface area contributed by atoms with E-state index in [0.29, 0.717) is 24.9 Å². The molecule has 1 aromatic rings. The number of pyridine rings is 1. The van der Waals surface area contributed by atoms with Crippen LogP contribution in [0, 0.1) is 5.92 Å². The maximum atomic E-state index is 12.4. The zero-order valence-corrected chi connectivity index (χ0v) is 12.3. The lowest BCUT2D eigenvalue weighted by molar-refractivity contribution is -0.132. The van der Waals surface area contributed by atoms with Crippen LogP contribution in [-0.4, -0.2) is 28.4 Å². The Kier molecular flexibility index (Phi) is 5.53. The second-order valence-electron chi connectivity index (χ2n) is 5.83. The molecule has 1 atom stereocenters. The number of carbonyl (C=O) groups excluding carboxylic acids is 1. The minimum absolute atomic E-state index is 0.285. The van der Waals surface area contributed by atoms with Crippen molar-refractivity contribution in [3.63, 3.8) is 0 Å². The van der Waals surface area contributed by atoms with Crippen molar-refractivity contribution >= 4 is 5.91 Å². The number of aromatic nitrogens is 1. The normalized spacial score (nSPS) is 15.9. The summed E-state index contributed by atoms with van der Waals surface area (Å²) in [6.07, 6.45) is 8.45. The number of rotatable bonds is 8. The summed E-state index contributed by atoms with van der Waals surface area (Å²) in [6.45, 7) is 3.60. The zero-order valence-electron chi connectivity index (χ0n) is 12.3. The summed E-state index contributed by atoms with van der Waals surface area (Å²) in [5.74, 6) is 0.819. The van der Waals surface area contributed by atoms with Crippen molar-refractivity contribution < 1.29 is 4.79 Å². The largest absolute Gasteiger partial charge is 0.335 e. The molecular weight excluding hydrogens is 250 g/mol. The van der Waals surface area contributed by atoms with Gasteiger partial charge in [-0.2, -0.15) is 0 Å². The van der Waals surface area contributed by atoms with Gasteiger partial charge in [-0.05, 0) is 55.8 Å². The molecule has 4 nitrogen and oxygen atoms in total. The molecule has 110 valence electrons. The Morgan fingerprint density at radius 2 is 2.10 bits per heavy atom. The van der Waals surface area contributed by atoms with Gasteiger partial charge in [0, 0.05) is 31.4 Å². The van der Waals surface area contributed by atoms with Gasteiger partial charge in [-0.15, -0.1) is 0 Å². The van der Waals surface area contributed by atoms with E-state index in [1.807, 2.05) is 17.0 Å². The lowest BCUT2D eigenvalue weighted by Gasteiger charge is -2.23. The molecule has 4 heteroatoms. The predicted octanol–water partition coefficient (Wildman–Crippen LogP) is 2.34. The first-order valence-electron chi connectivity index (χ1n) is 7.59. The van der Waals surface area contributed by atoms with Crippen molar-refractivity contribution in [3.8, 4) is 0 Å². The van der Waals surface area contributed by atoms with E-state index in [4.69, 9.17) is 5.73 Å². The monoisotopic (exact) mass is 275 g/mol. The van der Waals surface area contributed by atoms with Crippen LogP contribution in [-0.2, 0) is 11.3 Å². The van der Waals surface area contributed by atoms with Crippen LogP contribution in [0.5, 0.6) is 0 Å². The van der Waals surface area contributed by atoms with Crippen LogP contribution < -0.4 is 5.73 Å². The van der Waals surface area contributed by atoms with E-state index in [0.717, 1.165) is 37.8 Å². The molecule has 0 radical (unpaired) electrons. The first-order valence-corrected chi connectivity index (χ1v) is 7.59. The second kappa shape index (κ2) is 7.39. The lowest BCUT2D eigenvalue weighted by atomic mass is 10.0. The number of nitrogens with zero attached hydrogens (tertiary/aromatic N) is 2. The summed E-state index contributed by atoms with van der Waals surface area (Å²) >= 11 is 0. The fourth-order valence-electron chi connectivity index (χ4n) is 2.43. The molecule has 20 heavy (non-hydrogen) atoms. The van der Waals surface area contributed by atoms with E-state index in [1.165, 1.54) is 0 Å². The van der Waals surface area contributed by atoms with E-state index < -0.39 is 0 Å². The zero-order chi connectivity index (χ0) is 14.4. The molecule has 2 N–H and O–H groups in total. The highest BCUT2D eigenvalue weighted by Gasteiger charge is 2.32. The lowest BCUT2D eigenvalue weighted by Crippen LogP contribution is -2.32. The first kappa shape index (κ1) is 15.0. The molecule has 1 amide bonds. The van der Waals surface area contributed by atoms with Gasteiger partial charge in [0.05, 0.1) is 0 Å². The number of nitrogens with two attached hydrogens (primary N) is 1. The highest BCUT2D eigenvalue weighted by molar-refractivity contribution is 5.76. The third-order valence-corrected chi connectivity index (χ3v) is 3.92. The van der Waals surface area contributed by atoms with Crippen molar-refractivity contribution in [2.24, 2.45) is 11.7 Å². The van der Waals surface area contributed by atoms with Gasteiger partial charge in [-0.1, -0.05) is 6.92 Å². The molecule has 0 bridgehead atoms. The van der Waals surface area contributed by atoms with Crippen LogP contribution in [0.15, 0.2) is 24.5 Å². The fourth-order valence-corrected chi connectivity index (χ4v) is 2.43. The molecule has 0 spiro atoms. The third-order valence-electron chi connectivity index (χ3n) is 3.92. The van der Waals surface area contributed by atoms with E-state index in [2.05, 4.69) is 11.9 Å². The van der Waals surface area contributed by atoms with Gasteiger partial charge < -0.3 is 10.6 Å². The standard InChI is InChI=1S/C16H25N3O/c1-13(6-9-17)2-5-16(20)19(15-3-4-15)12-14-7-10-18-11-8-14/h7-8,10-11,13,15H,2-6,9,12,17H2,1H3. The smallest absolute Gasteiger partial charge is 0.223 e. The van der Waals surface area contributed by atoms with Crippen molar-refractivity contribution in [1.82, 2.24) is 9.88 Å². The SMILES string of the molecule is CC(CCN)CCC(=O)N(Cc1ccncc1)C1CC1. The number of hydrogen-bond acceptors (Lipinski definition) is 3. The topological polar surface area (TPSA) is 59.2 Å². The highest BCUT2D eigenvalue weighted by Crippen LogP contribution is 2.29. The molecular formula is C16H25N3O. The van der Waals surface area contributed by atoms with Gasteiger partial charge in [-0.25, -0.2) is 0 Å². The maximum absolute atomic E-state index is 12.4. The Labute approximate surface area is 121 Å². The Hall–Kier alpha value is -1.42. The third kappa shape index (κ3) is 4.60. The second-order valence-corrected chi connectivity index (χ2v) is 5.83. The molecule has 2 rings (SSSR count). The van der Waals surface area contributed by atoms with Crippen molar-refractivity contribution in [2.45, 2.75) is 51.6 Å². The van der Waals surface area contributed by atoms with Crippen LogP contribution >= 0.6 is 0 Å². The van der Waals surface area contributed by atoms with Gasteiger partial charge in [0.2, 0.25) is 5.91 Å². The molecule has 1 aromatic heterocycles. The van der Waals surface area contributed by atoms with E-state index in [-0.39, 0.29) is 5.91 Å². The molecule has 1 unspecified atom stereocenters. The molecule has 1 heterocycles. The van der Waals surface area contributed by atoms with Gasteiger partial charge in [-0.3, -0.25) is 9.78 Å². The first-order chi connectivity index (χ1) is 9.70. The quantitative estimate of drug-likeness (QED) is 0.792. The maximum Gasteiger partial charge on any atom is 0.223 e. The summed E-state index contributed by atoms with van der Waals surface area (Å²) < 4.78 is 0. The van der Waals surface area contributed by atoms with Crippen molar-refractivity contribution in [2.75, 3.05) is 6.54 Å². The summed E-state index contributed by atoms with van der Waals surface area (Å²) in [5, 5.41) is 0. The minimum Gasteiger partial charge on any atom is -0.335 e. The Balaban J connectivity index is 1.86. The van der Waals surface area contributed by atoms with Gasteiger partial charge in [0.15, 0.2) is 0 Å².